The highest BCUT2D eigenvalue weighted by Gasteiger charge is 2.23. The van der Waals surface area contributed by atoms with Gasteiger partial charge in [-0.1, -0.05) is 6.92 Å². The van der Waals surface area contributed by atoms with E-state index in [1.807, 2.05) is 13.8 Å². The zero-order valence-corrected chi connectivity index (χ0v) is 10.1. The van der Waals surface area contributed by atoms with Crippen LogP contribution in [0.5, 0.6) is 0 Å². The van der Waals surface area contributed by atoms with E-state index in [0.29, 0.717) is 17.2 Å². The van der Waals surface area contributed by atoms with Gasteiger partial charge >= 0.3 is 5.97 Å². The number of nitrogen functional groups attached to an aromatic ring is 1. The number of ether oxygens (including phenoxy) is 1. The molecule has 1 heterocycles. The van der Waals surface area contributed by atoms with Crippen LogP contribution in [-0.2, 0) is 4.74 Å². The van der Waals surface area contributed by atoms with E-state index in [1.165, 1.54) is 7.11 Å². The molecule has 0 aliphatic carbocycles. The number of aromatic nitrogens is 2. The molecule has 0 amide bonds. The molecule has 0 bridgehead atoms. The fraction of sp³-hybridized carbons (Fsp3) is 0.600. The van der Waals surface area contributed by atoms with Gasteiger partial charge in [-0.2, -0.15) is 5.10 Å². The van der Waals surface area contributed by atoms with Gasteiger partial charge in [0.1, 0.15) is 11.4 Å². The van der Waals surface area contributed by atoms with E-state index in [9.17, 15) is 4.79 Å². The zero-order valence-electron chi connectivity index (χ0n) is 10.1. The Labute approximate surface area is 94.8 Å². The lowest BCUT2D eigenvalue weighted by molar-refractivity contribution is 0.0603. The smallest absolute Gasteiger partial charge is 0.345 e. The summed E-state index contributed by atoms with van der Waals surface area (Å²) in [6.45, 7) is 4.02. The van der Waals surface area contributed by atoms with E-state index < -0.39 is 5.97 Å². The third-order valence-electron chi connectivity index (χ3n) is 2.58. The van der Waals surface area contributed by atoms with Gasteiger partial charge in [-0.05, 0) is 13.3 Å². The first kappa shape index (κ1) is 12.4. The zero-order chi connectivity index (χ0) is 12.3. The molecule has 0 aliphatic rings. The number of carbonyl (C=O) groups is 1. The van der Waals surface area contributed by atoms with E-state index in [-0.39, 0.29) is 6.04 Å². The van der Waals surface area contributed by atoms with E-state index >= 15 is 0 Å². The first-order valence-electron chi connectivity index (χ1n) is 5.20. The normalized spacial score (nSPS) is 12.2. The average Bonchev–Trinajstić information content (AvgIpc) is 2.64. The number of esters is 1. The summed E-state index contributed by atoms with van der Waals surface area (Å²) in [5.41, 5.74) is 6.19. The second-order valence-corrected chi connectivity index (χ2v) is 3.55. The molecule has 0 fully saturated rings. The number of hydrogen-bond donors (Lipinski definition) is 2. The lowest BCUT2D eigenvalue weighted by Crippen LogP contribution is -2.11. The molecule has 0 saturated heterocycles. The van der Waals surface area contributed by atoms with Crippen molar-refractivity contribution in [2.75, 3.05) is 25.2 Å². The van der Waals surface area contributed by atoms with Crippen LogP contribution in [0.2, 0.25) is 0 Å². The van der Waals surface area contributed by atoms with Gasteiger partial charge in [-0.3, -0.25) is 0 Å². The van der Waals surface area contributed by atoms with Gasteiger partial charge in [0, 0.05) is 7.05 Å². The Morgan fingerprint density at radius 2 is 2.31 bits per heavy atom. The lowest BCUT2D eigenvalue weighted by atomic mass is 10.2. The quantitative estimate of drug-likeness (QED) is 0.755. The summed E-state index contributed by atoms with van der Waals surface area (Å²) >= 11 is 0. The first-order chi connectivity index (χ1) is 7.56. The average molecular weight is 226 g/mol. The van der Waals surface area contributed by atoms with Crippen molar-refractivity contribution in [3.63, 3.8) is 0 Å². The molecule has 90 valence electrons. The van der Waals surface area contributed by atoms with Gasteiger partial charge < -0.3 is 15.8 Å². The summed E-state index contributed by atoms with van der Waals surface area (Å²) < 4.78 is 6.31. The van der Waals surface area contributed by atoms with Gasteiger partial charge in [0.25, 0.3) is 0 Å². The SMILES string of the molecule is CCC(C)n1nc(NC)c(C(=O)OC)c1N. The molecule has 6 heteroatoms. The van der Waals surface area contributed by atoms with Crippen molar-refractivity contribution in [2.45, 2.75) is 26.3 Å². The predicted octanol–water partition coefficient (Wildman–Crippen LogP) is 1.26. The number of nitrogens with zero attached hydrogens (tertiary/aromatic N) is 2. The van der Waals surface area contributed by atoms with Crippen molar-refractivity contribution in [1.82, 2.24) is 9.78 Å². The second-order valence-electron chi connectivity index (χ2n) is 3.55. The van der Waals surface area contributed by atoms with Crippen LogP contribution in [0.3, 0.4) is 0 Å². The standard InChI is InChI=1S/C10H18N4O2/c1-5-6(2)14-8(11)7(10(15)16-4)9(12-3)13-14/h6H,5,11H2,1-4H3,(H,12,13). The van der Waals surface area contributed by atoms with Gasteiger partial charge in [0.15, 0.2) is 5.82 Å². The number of carbonyl (C=O) groups excluding carboxylic acids is 1. The van der Waals surface area contributed by atoms with E-state index in [2.05, 4.69) is 15.2 Å². The maximum Gasteiger partial charge on any atom is 0.345 e. The van der Waals surface area contributed by atoms with Gasteiger partial charge in [-0.25, -0.2) is 9.48 Å². The summed E-state index contributed by atoms with van der Waals surface area (Å²) in [7, 11) is 3.01. The summed E-state index contributed by atoms with van der Waals surface area (Å²) in [5, 5.41) is 7.09. The fourth-order valence-electron chi connectivity index (χ4n) is 1.43. The Morgan fingerprint density at radius 1 is 1.69 bits per heavy atom. The molecule has 6 nitrogen and oxygen atoms in total. The maximum absolute atomic E-state index is 11.5. The molecular formula is C10H18N4O2. The molecule has 1 rings (SSSR count). The highest BCUT2D eigenvalue weighted by molar-refractivity contribution is 5.99. The van der Waals surface area contributed by atoms with Crippen LogP contribution >= 0.6 is 0 Å². The molecule has 1 aromatic heterocycles. The largest absolute Gasteiger partial charge is 0.465 e. The predicted molar refractivity (Wildman–Crippen MR) is 62.5 cm³/mol. The number of nitrogens with one attached hydrogen (secondary N) is 1. The van der Waals surface area contributed by atoms with Crippen molar-refractivity contribution in [2.24, 2.45) is 0 Å². The van der Waals surface area contributed by atoms with Crippen LogP contribution in [0.15, 0.2) is 0 Å². The molecule has 0 aromatic carbocycles. The summed E-state index contributed by atoms with van der Waals surface area (Å²) in [6, 6.07) is 0.144. The summed E-state index contributed by atoms with van der Waals surface area (Å²) in [5.74, 6) is 0.312. The van der Waals surface area contributed by atoms with Gasteiger partial charge in [-0.15, -0.1) is 0 Å². The van der Waals surface area contributed by atoms with Crippen LogP contribution in [-0.4, -0.2) is 29.9 Å². The highest BCUT2D eigenvalue weighted by Crippen LogP contribution is 2.26. The first-order valence-corrected chi connectivity index (χ1v) is 5.20. The fourth-order valence-corrected chi connectivity index (χ4v) is 1.43. The van der Waals surface area contributed by atoms with Crippen LogP contribution in [0.1, 0.15) is 36.7 Å². The van der Waals surface area contributed by atoms with Crippen molar-refractivity contribution < 1.29 is 9.53 Å². The minimum absolute atomic E-state index is 0.144. The Hall–Kier alpha value is -1.72. The lowest BCUT2D eigenvalue weighted by Gasteiger charge is -2.10. The molecule has 0 saturated carbocycles. The minimum Gasteiger partial charge on any atom is -0.465 e. The van der Waals surface area contributed by atoms with Crippen molar-refractivity contribution in [3.05, 3.63) is 5.56 Å². The van der Waals surface area contributed by atoms with Crippen LogP contribution in [0, 0.1) is 0 Å². The summed E-state index contributed by atoms with van der Waals surface area (Å²) in [4.78, 5) is 11.5. The number of hydrogen-bond acceptors (Lipinski definition) is 5. The third-order valence-corrected chi connectivity index (χ3v) is 2.58. The van der Waals surface area contributed by atoms with Crippen molar-refractivity contribution in [1.29, 1.82) is 0 Å². The Balaban J connectivity index is 3.26. The number of methoxy groups -OCH3 is 1. The van der Waals surface area contributed by atoms with Gasteiger partial charge in [0.2, 0.25) is 0 Å². The Bertz CT molecular complexity index is 386. The van der Waals surface area contributed by atoms with E-state index in [0.717, 1.165) is 6.42 Å². The number of rotatable bonds is 4. The molecule has 1 aromatic rings. The van der Waals surface area contributed by atoms with Crippen molar-refractivity contribution >= 4 is 17.6 Å². The van der Waals surface area contributed by atoms with E-state index in [4.69, 9.17) is 5.73 Å². The number of nitrogens with two attached hydrogens (primary N) is 1. The second kappa shape index (κ2) is 4.87. The molecule has 0 spiro atoms. The molecule has 0 aliphatic heterocycles. The van der Waals surface area contributed by atoms with Crippen LogP contribution in [0.4, 0.5) is 11.6 Å². The van der Waals surface area contributed by atoms with Gasteiger partial charge in [0.05, 0.1) is 13.2 Å². The van der Waals surface area contributed by atoms with E-state index in [1.54, 1.807) is 11.7 Å². The topological polar surface area (TPSA) is 82.2 Å². The number of anilines is 2. The Morgan fingerprint density at radius 3 is 2.75 bits per heavy atom. The minimum atomic E-state index is -0.476. The van der Waals surface area contributed by atoms with Crippen molar-refractivity contribution in [3.8, 4) is 0 Å². The molecule has 16 heavy (non-hydrogen) atoms. The van der Waals surface area contributed by atoms with Crippen LogP contribution < -0.4 is 11.1 Å². The molecule has 1 atom stereocenters. The monoisotopic (exact) mass is 226 g/mol. The third kappa shape index (κ3) is 1.95. The highest BCUT2D eigenvalue weighted by atomic mass is 16.5. The maximum atomic E-state index is 11.5. The Kier molecular flexibility index (Phi) is 3.76. The molecule has 1 unspecified atom stereocenters. The van der Waals surface area contributed by atoms with Crippen LogP contribution in [0.25, 0.3) is 0 Å². The molecule has 0 radical (unpaired) electrons. The summed E-state index contributed by atoms with van der Waals surface area (Å²) in [6.07, 6.45) is 0.885. The molecule has 3 N–H and O–H groups in total. The molecular weight excluding hydrogens is 208 g/mol.